The Labute approximate surface area is 118 Å². The molecule has 3 rings (SSSR count). The third-order valence-electron chi connectivity index (χ3n) is 3.69. The predicted octanol–water partition coefficient (Wildman–Crippen LogP) is 1.71. The average molecular weight is 273 g/mol. The minimum atomic E-state index is 0.0803. The molecule has 1 aromatic carbocycles. The molecule has 1 saturated heterocycles. The number of ether oxygens (including phenoxy) is 1. The maximum Gasteiger partial charge on any atom is 0.154 e. The second-order valence-corrected chi connectivity index (χ2v) is 5.14. The SMILES string of the molecule is OCc1ccc(Cc2ncn(C3CCOCC3)n2)cc1. The first-order valence-corrected chi connectivity index (χ1v) is 7.01. The molecule has 0 saturated carbocycles. The van der Waals surface area contributed by atoms with Gasteiger partial charge in [0, 0.05) is 19.6 Å². The summed E-state index contributed by atoms with van der Waals surface area (Å²) in [5.41, 5.74) is 2.08. The number of aliphatic hydroxyl groups excluding tert-OH is 1. The van der Waals surface area contributed by atoms with Crippen molar-refractivity contribution in [2.45, 2.75) is 31.9 Å². The molecular weight excluding hydrogens is 254 g/mol. The van der Waals surface area contributed by atoms with Gasteiger partial charge in [0.25, 0.3) is 0 Å². The van der Waals surface area contributed by atoms with Crippen LogP contribution in [0.4, 0.5) is 0 Å². The van der Waals surface area contributed by atoms with E-state index >= 15 is 0 Å². The van der Waals surface area contributed by atoms with Crippen LogP contribution in [0.2, 0.25) is 0 Å². The van der Waals surface area contributed by atoms with Crippen LogP contribution in [0, 0.1) is 0 Å². The number of nitrogens with zero attached hydrogens (tertiary/aromatic N) is 3. The fraction of sp³-hybridized carbons (Fsp3) is 0.467. The van der Waals surface area contributed by atoms with Crippen LogP contribution in [-0.4, -0.2) is 33.1 Å². The Kier molecular flexibility index (Phi) is 4.08. The van der Waals surface area contributed by atoms with Crippen molar-refractivity contribution in [1.82, 2.24) is 14.8 Å². The molecule has 1 aromatic heterocycles. The fourth-order valence-corrected chi connectivity index (χ4v) is 2.46. The van der Waals surface area contributed by atoms with E-state index in [1.54, 1.807) is 0 Å². The molecule has 5 heteroatoms. The predicted molar refractivity (Wildman–Crippen MR) is 74.3 cm³/mol. The minimum Gasteiger partial charge on any atom is -0.392 e. The summed E-state index contributed by atoms with van der Waals surface area (Å²) in [6.07, 6.45) is 4.57. The average Bonchev–Trinajstić information content (AvgIpc) is 2.97. The Balaban J connectivity index is 1.66. The molecule has 1 aliphatic rings. The first-order valence-electron chi connectivity index (χ1n) is 7.01. The third-order valence-corrected chi connectivity index (χ3v) is 3.69. The van der Waals surface area contributed by atoms with Gasteiger partial charge in [0.2, 0.25) is 0 Å². The van der Waals surface area contributed by atoms with Crippen LogP contribution in [0.1, 0.15) is 35.8 Å². The topological polar surface area (TPSA) is 60.2 Å². The van der Waals surface area contributed by atoms with Crippen molar-refractivity contribution in [3.05, 3.63) is 47.5 Å². The lowest BCUT2D eigenvalue weighted by Gasteiger charge is -2.21. The molecule has 5 nitrogen and oxygen atoms in total. The highest BCUT2D eigenvalue weighted by Gasteiger charge is 2.17. The van der Waals surface area contributed by atoms with E-state index in [-0.39, 0.29) is 6.61 Å². The maximum absolute atomic E-state index is 9.03. The summed E-state index contributed by atoms with van der Waals surface area (Å²) in [4.78, 5) is 4.39. The van der Waals surface area contributed by atoms with Crippen molar-refractivity contribution in [2.24, 2.45) is 0 Å². The Hall–Kier alpha value is -1.72. The number of aromatic nitrogens is 3. The Morgan fingerprint density at radius 3 is 2.55 bits per heavy atom. The summed E-state index contributed by atoms with van der Waals surface area (Å²) in [5, 5.41) is 13.6. The number of benzene rings is 1. The van der Waals surface area contributed by atoms with Crippen LogP contribution < -0.4 is 0 Å². The van der Waals surface area contributed by atoms with Crippen LogP contribution in [-0.2, 0) is 17.8 Å². The van der Waals surface area contributed by atoms with E-state index in [1.807, 2.05) is 35.3 Å². The standard InChI is InChI=1S/C15H19N3O2/c19-10-13-3-1-12(2-4-13)9-15-16-11-18(17-15)14-5-7-20-8-6-14/h1-4,11,14,19H,5-10H2. The zero-order valence-electron chi connectivity index (χ0n) is 11.4. The summed E-state index contributed by atoms with van der Waals surface area (Å²) in [6.45, 7) is 1.70. The van der Waals surface area contributed by atoms with Gasteiger partial charge in [0.15, 0.2) is 5.82 Å². The van der Waals surface area contributed by atoms with E-state index in [4.69, 9.17) is 9.84 Å². The van der Waals surface area contributed by atoms with Gasteiger partial charge in [-0.3, -0.25) is 0 Å². The summed E-state index contributed by atoms with van der Waals surface area (Å²) >= 11 is 0. The molecule has 0 amide bonds. The largest absolute Gasteiger partial charge is 0.392 e. The monoisotopic (exact) mass is 273 g/mol. The van der Waals surface area contributed by atoms with Crippen LogP contribution in [0.25, 0.3) is 0 Å². The lowest BCUT2D eigenvalue weighted by molar-refractivity contribution is 0.0660. The Morgan fingerprint density at radius 1 is 1.15 bits per heavy atom. The Bertz CT molecular complexity index is 545. The van der Waals surface area contributed by atoms with E-state index in [9.17, 15) is 0 Å². The van der Waals surface area contributed by atoms with Crippen molar-refractivity contribution < 1.29 is 9.84 Å². The second-order valence-electron chi connectivity index (χ2n) is 5.14. The van der Waals surface area contributed by atoms with E-state index in [0.717, 1.165) is 49.4 Å². The fourth-order valence-electron chi connectivity index (χ4n) is 2.46. The lowest BCUT2D eigenvalue weighted by Crippen LogP contribution is -2.20. The molecule has 0 aliphatic carbocycles. The molecule has 20 heavy (non-hydrogen) atoms. The van der Waals surface area contributed by atoms with Gasteiger partial charge in [0.1, 0.15) is 6.33 Å². The van der Waals surface area contributed by atoms with Crippen LogP contribution in [0.3, 0.4) is 0 Å². The molecule has 1 aliphatic heterocycles. The van der Waals surface area contributed by atoms with Gasteiger partial charge in [-0.05, 0) is 24.0 Å². The zero-order chi connectivity index (χ0) is 13.8. The molecule has 1 N–H and O–H groups in total. The van der Waals surface area contributed by atoms with E-state index in [0.29, 0.717) is 6.04 Å². The van der Waals surface area contributed by atoms with E-state index < -0.39 is 0 Å². The van der Waals surface area contributed by atoms with Gasteiger partial charge in [-0.25, -0.2) is 9.67 Å². The first-order chi connectivity index (χ1) is 9.85. The highest BCUT2D eigenvalue weighted by Crippen LogP contribution is 2.19. The highest BCUT2D eigenvalue weighted by molar-refractivity contribution is 5.24. The number of rotatable bonds is 4. The van der Waals surface area contributed by atoms with Gasteiger partial charge in [-0.1, -0.05) is 24.3 Å². The molecule has 0 unspecified atom stereocenters. The number of hydrogen-bond donors (Lipinski definition) is 1. The third kappa shape index (κ3) is 3.05. The van der Waals surface area contributed by atoms with Crippen LogP contribution >= 0.6 is 0 Å². The summed E-state index contributed by atoms with van der Waals surface area (Å²) < 4.78 is 7.34. The van der Waals surface area contributed by atoms with Gasteiger partial charge >= 0.3 is 0 Å². The quantitative estimate of drug-likeness (QED) is 0.921. The molecule has 2 heterocycles. The van der Waals surface area contributed by atoms with Crippen LogP contribution in [0.15, 0.2) is 30.6 Å². The van der Waals surface area contributed by atoms with Gasteiger partial charge in [-0.15, -0.1) is 0 Å². The Morgan fingerprint density at radius 2 is 1.85 bits per heavy atom. The van der Waals surface area contributed by atoms with Gasteiger partial charge in [-0.2, -0.15) is 5.10 Å². The second kappa shape index (κ2) is 6.15. The summed E-state index contributed by atoms with van der Waals surface area (Å²) in [6, 6.07) is 8.32. The van der Waals surface area contributed by atoms with Crippen molar-refractivity contribution in [2.75, 3.05) is 13.2 Å². The van der Waals surface area contributed by atoms with Gasteiger partial charge in [0.05, 0.1) is 12.6 Å². The highest BCUT2D eigenvalue weighted by atomic mass is 16.5. The minimum absolute atomic E-state index is 0.0803. The van der Waals surface area contributed by atoms with E-state index in [2.05, 4.69) is 10.1 Å². The molecule has 0 atom stereocenters. The van der Waals surface area contributed by atoms with Gasteiger partial charge < -0.3 is 9.84 Å². The van der Waals surface area contributed by atoms with Crippen LogP contribution in [0.5, 0.6) is 0 Å². The lowest BCUT2D eigenvalue weighted by atomic mass is 10.1. The first kappa shape index (κ1) is 13.3. The molecule has 1 fully saturated rings. The molecular formula is C15H19N3O2. The van der Waals surface area contributed by atoms with E-state index in [1.165, 1.54) is 0 Å². The molecule has 2 aromatic rings. The normalized spacial score (nSPS) is 16.4. The van der Waals surface area contributed by atoms with Crippen molar-refractivity contribution in [1.29, 1.82) is 0 Å². The van der Waals surface area contributed by atoms with Crippen molar-refractivity contribution >= 4 is 0 Å². The molecule has 0 radical (unpaired) electrons. The summed E-state index contributed by atoms with van der Waals surface area (Å²) in [5.74, 6) is 0.841. The number of aliphatic hydroxyl groups is 1. The molecule has 106 valence electrons. The molecule has 0 bridgehead atoms. The smallest absolute Gasteiger partial charge is 0.154 e. The molecule has 0 spiro atoms. The van der Waals surface area contributed by atoms with Crippen molar-refractivity contribution in [3.8, 4) is 0 Å². The van der Waals surface area contributed by atoms with Crippen molar-refractivity contribution in [3.63, 3.8) is 0 Å². The maximum atomic E-state index is 9.03. The summed E-state index contributed by atoms with van der Waals surface area (Å²) in [7, 11) is 0. The zero-order valence-corrected chi connectivity index (χ0v) is 11.4. The number of hydrogen-bond acceptors (Lipinski definition) is 4.